The molecule has 11 heteroatoms. The van der Waals surface area contributed by atoms with Crippen molar-refractivity contribution >= 4 is 27.3 Å². The van der Waals surface area contributed by atoms with Crippen molar-refractivity contribution in [2.24, 2.45) is 7.05 Å². The Hall–Kier alpha value is -2.66. The molecule has 0 aliphatic rings. The third-order valence-electron chi connectivity index (χ3n) is 3.69. The molecule has 0 fully saturated rings. The van der Waals surface area contributed by atoms with E-state index >= 15 is 0 Å². The van der Waals surface area contributed by atoms with Gasteiger partial charge < -0.3 is 8.98 Å². The van der Waals surface area contributed by atoms with Crippen LogP contribution in [-0.2, 0) is 16.9 Å². The molecule has 136 valence electrons. The first-order valence-corrected chi connectivity index (χ1v) is 9.99. The maximum Gasteiger partial charge on any atom is 0.284 e. The van der Waals surface area contributed by atoms with Crippen molar-refractivity contribution in [2.45, 2.75) is 21.9 Å². The molecule has 0 aliphatic heterocycles. The summed E-state index contributed by atoms with van der Waals surface area (Å²) in [5.74, 6) is 1.25. The van der Waals surface area contributed by atoms with E-state index in [1.807, 2.05) is 0 Å². The van der Waals surface area contributed by atoms with Gasteiger partial charge in [-0.1, -0.05) is 0 Å². The summed E-state index contributed by atoms with van der Waals surface area (Å²) in [6.07, 6.45) is 2.54. The minimum Gasteiger partial charge on any atom is -0.469 e. The molecule has 26 heavy (non-hydrogen) atoms. The molecular formula is C15H14N4O5S2. The van der Waals surface area contributed by atoms with Crippen LogP contribution in [0, 0.1) is 17.0 Å². The summed E-state index contributed by atoms with van der Waals surface area (Å²) in [7, 11) is -1.81. The van der Waals surface area contributed by atoms with Crippen LogP contribution in [0.15, 0.2) is 49.9 Å². The summed E-state index contributed by atoms with van der Waals surface area (Å²) in [5.41, 5.74) is 0.468. The van der Waals surface area contributed by atoms with Crippen molar-refractivity contribution in [2.75, 3.05) is 6.26 Å². The van der Waals surface area contributed by atoms with E-state index < -0.39 is 14.8 Å². The Bertz CT molecular complexity index is 1100. The van der Waals surface area contributed by atoms with Gasteiger partial charge in [0, 0.05) is 19.4 Å². The lowest BCUT2D eigenvalue weighted by Gasteiger charge is -2.05. The lowest BCUT2D eigenvalue weighted by atomic mass is 10.2. The van der Waals surface area contributed by atoms with Gasteiger partial charge in [0.25, 0.3) is 5.69 Å². The summed E-state index contributed by atoms with van der Waals surface area (Å²) < 4.78 is 30.2. The number of aromatic nitrogens is 3. The zero-order valence-electron chi connectivity index (χ0n) is 14.0. The van der Waals surface area contributed by atoms with Crippen LogP contribution in [-0.4, -0.2) is 34.4 Å². The Balaban J connectivity index is 2.01. The second-order valence-electron chi connectivity index (χ2n) is 5.52. The average molecular weight is 394 g/mol. The lowest BCUT2D eigenvalue weighted by Crippen LogP contribution is -2.00. The van der Waals surface area contributed by atoms with E-state index in [0.29, 0.717) is 16.7 Å². The molecule has 0 saturated heterocycles. The van der Waals surface area contributed by atoms with Gasteiger partial charge in [0.2, 0.25) is 0 Å². The number of nitro groups is 1. The van der Waals surface area contributed by atoms with Gasteiger partial charge in [-0.15, -0.1) is 10.2 Å². The summed E-state index contributed by atoms with van der Waals surface area (Å²) in [6, 6.07) is 5.55. The summed E-state index contributed by atoms with van der Waals surface area (Å²) in [4.78, 5) is 10.9. The largest absolute Gasteiger partial charge is 0.469 e. The van der Waals surface area contributed by atoms with Crippen LogP contribution in [0.5, 0.6) is 0 Å². The molecule has 3 aromatic rings. The third kappa shape index (κ3) is 3.35. The van der Waals surface area contributed by atoms with E-state index in [1.165, 1.54) is 12.1 Å². The number of nitrogens with zero attached hydrogens (tertiary/aromatic N) is 4. The lowest BCUT2D eigenvalue weighted by molar-refractivity contribution is -0.388. The van der Waals surface area contributed by atoms with Gasteiger partial charge in [0.15, 0.2) is 20.8 Å². The number of hydrogen-bond donors (Lipinski definition) is 0. The second kappa shape index (κ2) is 6.57. The zero-order valence-corrected chi connectivity index (χ0v) is 15.7. The SMILES string of the molecule is Cc1occc1-c1nnc(Sc2ccc(S(C)(=O)=O)cc2[N+](=O)[O-])n1C. The minimum absolute atomic E-state index is 0.110. The van der Waals surface area contributed by atoms with Crippen LogP contribution >= 0.6 is 11.8 Å². The minimum atomic E-state index is -3.54. The number of benzene rings is 1. The van der Waals surface area contributed by atoms with Crippen molar-refractivity contribution < 1.29 is 17.8 Å². The van der Waals surface area contributed by atoms with Crippen molar-refractivity contribution in [3.8, 4) is 11.4 Å². The van der Waals surface area contributed by atoms with Crippen LogP contribution in [0.1, 0.15) is 5.76 Å². The van der Waals surface area contributed by atoms with Crippen LogP contribution < -0.4 is 0 Å². The van der Waals surface area contributed by atoms with Gasteiger partial charge >= 0.3 is 0 Å². The Morgan fingerprint density at radius 3 is 2.58 bits per heavy atom. The molecule has 0 amide bonds. The number of sulfone groups is 1. The van der Waals surface area contributed by atoms with Gasteiger partial charge in [-0.25, -0.2) is 8.42 Å². The molecule has 0 atom stereocenters. The number of hydrogen-bond acceptors (Lipinski definition) is 8. The monoisotopic (exact) mass is 394 g/mol. The van der Waals surface area contributed by atoms with Crippen molar-refractivity contribution in [1.29, 1.82) is 0 Å². The maximum absolute atomic E-state index is 11.6. The fourth-order valence-electron chi connectivity index (χ4n) is 2.31. The predicted octanol–water partition coefficient (Wildman–Crippen LogP) is 2.85. The van der Waals surface area contributed by atoms with Crippen LogP contribution in [0.3, 0.4) is 0 Å². The van der Waals surface area contributed by atoms with E-state index in [4.69, 9.17) is 4.42 Å². The highest BCUT2D eigenvalue weighted by molar-refractivity contribution is 7.99. The number of rotatable bonds is 5. The van der Waals surface area contributed by atoms with Gasteiger partial charge in [-0.3, -0.25) is 10.1 Å². The quantitative estimate of drug-likeness (QED) is 0.478. The van der Waals surface area contributed by atoms with Crippen molar-refractivity contribution in [3.63, 3.8) is 0 Å². The maximum atomic E-state index is 11.6. The van der Waals surface area contributed by atoms with Crippen molar-refractivity contribution in [3.05, 3.63) is 46.4 Å². The van der Waals surface area contributed by atoms with E-state index in [-0.39, 0.29) is 15.5 Å². The topological polar surface area (TPSA) is 121 Å². The molecule has 0 unspecified atom stereocenters. The van der Waals surface area contributed by atoms with Crippen molar-refractivity contribution in [1.82, 2.24) is 14.8 Å². The Morgan fingerprint density at radius 1 is 1.27 bits per heavy atom. The Labute approximate surface area is 153 Å². The third-order valence-corrected chi connectivity index (χ3v) is 5.90. The van der Waals surface area contributed by atoms with Gasteiger partial charge in [0.1, 0.15) is 5.76 Å². The number of aryl methyl sites for hydroxylation is 1. The first-order chi connectivity index (χ1) is 12.2. The van der Waals surface area contributed by atoms with E-state index in [9.17, 15) is 18.5 Å². The summed E-state index contributed by atoms with van der Waals surface area (Å²) in [5, 5.41) is 20.0. The molecule has 0 radical (unpaired) electrons. The first kappa shape index (κ1) is 18.1. The molecule has 0 N–H and O–H groups in total. The standard InChI is InChI=1S/C15H14N4O5S2/c1-9-11(6-7-24-9)14-16-17-15(18(14)2)25-13-5-4-10(26(3,22)23)8-12(13)19(20)21/h4-8H,1-3H3. The highest BCUT2D eigenvalue weighted by atomic mass is 32.2. The highest BCUT2D eigenvalue weighted by Crippen LogP contribution is 2.36. The van der Waals surface area contributed by atoms with Crippen LogP contribution in [0.25, 0.3) is 11.4 Å². The summed E-state index contributed by atoms with van der Waals surface area (Å²) >= 11 is 1.03. The fourth-order valence-corrected chi connectivity index (χ4v) is 3.83. The van der Waals surface area contributed by atoms with Crippen LogP contribution in [0.2, 0.25) is 0 Å². The van der Waals surface area contributed by atoms with E-state index in [2.05, 4.69) is 10.2 Å². The van der Waals surface area contributed by atoms with E-state index in [1.54, 1.807) is 30.9 Å². The second-order valence-corrected chi connectivity index (χ2v) is 8.54. The molecule has 2 heterocycles. The van der Waals surface area contributed by atoms with Gasteiger partial charge in [0.05, 0.1) is 26.5 Å². The summed E-state index contributed by atoms with van der Waals surface area (Å²) in [6.45, 7) is 1.80. The molecule has 2 aromatic heterocycles. The smallest absolute Gasteiger partial charge is 0.284 e. The van der Waals surface area contributed by atoms with Gasteiger partial charge in [-0.2, -0.15) is 0 Å². The van der Waals surface area contributed by atoms with E-state index in [0.717, 1.165) is 29.6 Å². The number of furan rings is 1. The molecule has 3 rings (SSSR count). The Kier molecular flexibility index (Phi) is 4.59. The van der Waals surface area contributed by atoms with Crippen LogP contribution in [0.4, 0.5) is 5.69 Å². The average Bonchev–Trinajstić information content (AvgIpc) is 3.13. The van der Waals surface area contributed by atoms with Gasteiger partial charge in [-0.05, 0) is 36.9 Å². The molecular weight excluding hydrogens is 380 g/mol. The number of nitro benzene ring substituents is 1. The normalized spacial score (nSPS) is 11.7. The molecule has 9 nitrogen and oxygen atoms in total. The molecule has 1 aromatic carbocycles. The molecule has 0 aliphatic carbocycles. The zero-order chi connectivity index (χ0) is 19.1. The first-order valence-electron chi connectivity index (χ1n) is 7.28. The molecule has 0 bridgehead atoms. The predicted molar refractivity (Wildman–Crippen MR) is 93.8 cm³/mol. The molecule has 0 saturated carbocycles. The Morgan fingerprint density at radius 2 is 2.00 bits per heavy atom. The fraction of sp³-hybridized carbons (Fsp3) is 0.200. The molecule has 0 spiro atoms. The highest BCUT2D eigenvalue weighted by Gasteiger charge is 2.22.